The number of allylic oxidation sites excluding steroid dienone is 3. The van der Waals surface area contributed by atoms with Crippen LogP contribution in [0.3, 0.4) is 0 Å². The van der Waals surface area contributed by atoms with E-state index in [0.29, 0.717) is 0 Å². The predicted octanol–water partition coefficient (Wildman–Crippen LogP) is 5.17. The Labute approximate surface area is 130 Å². The third kappa shape index (κ3) is 3.33. The molecule has 1 aromatic rings. The molecule has 19 heavy (non-hydrogen) atoms. The maximum absolute atomic E-state index is 5.79. The average Bonchev–Trinajstić information content (AvgIpc) is 2.44. The molecule has 0 radical (unpaired) electrons. The second-order valence-corrected chi connectivity index (χ2v) is 5.43. The van der Waals surface area contributed by atoms with Crippen molar-refractivity contribution in [3.63, 3.8) is 0 Å². The van der Waals surface area contributed by atoms with Crippen LogP contribution in [0, 0.1) is 11.8 Å². The van der Waals surface area contributed by atoms with E-state index < -0.39 is 0 Å². The highest BCUT2D eigenvalue weighted by molar-refractivity contribution is 14.2. The van der Waals surface area contributed by atoms with E-state index in [1.165, 1.54) is 9.21 Å². The maximum atomic E-state index is 5.79. The van der Waals surface area contributed by atoms with Gasteiger partial charge in [0.15, 0.2) is 0 Å². The summed E-state index contributed by atoms with van der Waals surface area (Å²) >= 11 is 2.14. The van der Waals surface area contributed by atoms with Crippen molar-refractivity contribution in [2.45, 2.75) is 12.5 Å². The van der Waals surface area contributed by atoms with E-state index in [9.17, 15) is 0 Å². The smallest absolute Gasteiger partial charge is 0.103 e. The van der Waals surface area contributed by atoms with Gasteiger partial charge >= 0.3 is 0 Å². The quantitative estimate of drug-likeness (QED) is 0.405. The summed E-state index contributed by atoms with van der Waals surface area (Å²) < 4.78 is 5.79. The van der Waals surface area contributed by atoms with Crippen molar-refractivity contribution in [3.05, 3.63) is 71.8 Å². The highest BCUT2D eigenvalue weighted by atomic mass is 127. The number of hydrogen-bond acceptors (Lipinski definition) is 2. The number of hydrogen-bond donors (Lipinski definition) is 0. The number of rotatable bonds is 4. The largest absolute Gasteiger partial charge is 0.297 e. The minimum Gasteiger partial charge on any atom is -0.297 e. The van der Waals surface area contributed by atoms with Crippen LogP contribution in [0.4, 0.5) is 0 Å². The Balaban J connectivity index is 2.57. The molecular formula is C16H13IOS. The summed E-state index contributed by atoms with van der Waals surface area (Å²) in [6.07, 6.45) is 4.36. The Morgan fingerprint density at radius 2 is 2.05 bits per heavy atom. The number of benzene rings is 1. The maximum Gasteiger partial charge on any atom is 0.103 e. The second kappa shape index (κ2) is 6.99. The fourth-order valence-corrected chi connectivity index (χ4v) is 3.04. The van der Waals surface area contributed by atoms with Crippen LogP contribution < -0.4 is 0 Å². The van der Waals surface area contributed by atoms with Gasteiger partial charge in [-0.25, -0.2) is 0 Å². The van der Waals surface area contributed by atoms with Crippen LogP contribution in [0.1, 0.15) is 23.7 Å². The van der Waals surface area contributed by atoms with E-state index in [0.717, 1.165) is 28.7 Å². The zero-order valence-corrected chi connectivity index (χ0v) is 13.3. The fraction of sp³-hybridized carbons (Fsp3) is 0.125. The molecule has 0 heterocycles. The van der Waals surface area contributed by atoms with Crippen LogP contribution in [0.2, 0.25) is 0 Å². The van der Waals surface area contributed by atoms with Gasteiger partial charge in [-0.3, -0.25) is 4.18 Å². The molecule has 1 aliphatic rings. The van der Waals surface area contributed by atoms with Crippen LogP contribution in [-0.2, 0) is 4.18 Å². The summed E-state index contributed by atoms with van der Waals surface area (Å²) in [5, 5.41) is 0. The molecule has 1 aromatic carbocycles. The van der Waals surface area contributed by atoms with Gasteiger partial charge in [-0.2, -0.15) is 0 Å². The molecule has 0 amide bonds. The minimum absolute atomic E-state index is 0.0179. The van der Waals surface area contributed by atoms with Gasteiger partial charge in [0.2, 0.25) is 0 Å². The molecule has 1 atom stereocenters. The summed E-state index contributed by atoms with van der Waals surface area (Å²) in [6.45, 7) is 7.69. The fourth-order valence-electron chi connectivity index (χ4n) is 2.03. The van der Waals surface area contributed by atoms with Crippen molar-refractivity contribution in [2.75, 3.05) is 0 Å². The summed E-state index contributed by atoms with van der Waals surface area (Å²) in [6, 6.07) is 8.11. The molecule has 0 aromatic heterocycles. The van der Waals surface area contributed by atoms with Gasteiger partial charge in [-0.15, -0.1) is 0 Å². The van der Waals surface area contributed by atoms with Crippen molar-refractivity contribution < 1.29 is 4.18 Å². The van der Waals surface area contributed by atoms with Crippen LogP contribution in [0.15, 0.2) is 60.7 Å². The first-order valence-electron chi connectivity index (χ1n) is 5.83. The van der Waals surface area contributed by atoms with Crippen molar-refractivity contribution in [3.8, 4) is 11.8 Å². The second-order valence-electron chi connectivity index (χ2n) is 4.04. The third-order valence-electron chi connectivity index (χ3n) is 2.99. The van der Waals surface area contributed by atoms with Crippen molar-refractivity contribution >= 4 is 30.4 Å². The lowest BCUT2D eigenvalue weighted by Gasteiger charge is -2.20. The van der Waals surface area contributed by atoms with E-state index in [-0.39, 0.29) is 6.10 Å². The average molecular weight is 380 g/mol. The molecule has 0 bridgehead atoms. The molecule has 0 saturated heterocycles. The zero-order chi connectivity index (χ0) is 13.7. The molecule has 2 rings (SSSR count). The first-order valence-corrected chi connectivity index (χ1v) is 9.11. The summed E-state index contributed by atoms with van der Waals surface area (Å²) in [4.78, 5) is 0. The normalized spacial score (nSPS) is 21.4. The molecule has 0 fully saturated rings. The predicted molar refractivity (Wildman–Crippen MR) is 90.8 cm³/mol. The van der Waals surface area contributed by atoms with Gasteiger partial charge < -0.3 is 0 Å². The van der Waals surface area contributed by atoms with E-state index in [1.807, 2.05) is 24.3 Å². The monoisotopic (exact) mass is 380 g/mol. The van der Waals surface area contributed by atoms with Crippen LogP contribution in [0.5, 0.6) is 0 Å². The Kier molecular flexibility index (Phi) is 5.32. The van der Waals surface area contributed by atoms with Gasteiger partial charge in [0.25, 0.3) is 0 Å². The summed E-state index contributed by atoms with van der Waals surface area (Å²) in [5.41, 5.74) is 4.14. The molecule has 96 valence electrons. The van der Waals surface area contributed by atoms with Crippen molar-refractivity contribution in [2.24, 2.45) is 0 Å². The van der Waals surface area contributed by atoms with Gasteiger partial charge in [0.1, 0.15) is 6.10 Å². The molecule has 1 aliphatic carbocycles. The van der Waals surface area contributed by atoms with E-state index in [2.05, 4.69) is 52.3 Å². The summed E-state index contributed by atoms with van der Waals surface area (Å²) in [7, 11) is 1.35. The summed E-state index contributed by atoms with van der Waals surface area (Å²) in [5.74, 6) is 6.37. The Morgan fingerprint density at radius 1 is 1.26 bits per heavy atom. The SMILES string of the molecule is C=C/C1=C(\C=C)CC(OSI)c2ccccc2C#C1. The molecule has 0 spiro atoms. The third-order valence-corrected chi connectivity index (χ3v) is 3.92. The molecule has 0 aliphatic heterocycles. The van der Waals surface area contributed by atoms with Crippen molar-refractivity contribution in [1.82, 2.24) is 0 Å². The van der Waals surface area contributed by atoms with E-state index >= 15 is 0 Å². The molecule has 0 saturated carbocycles. The lowest BCUT2D eigenvalue weighted by Crippen LogP contribution is -2.06. The van der Waals surface area contributed by atoms with Gasteiger partial charge in [-0.1, -0.05) is 55.3 Å². The van der Waals surface area contributed by atoms with E-state index in [4.69, 9.17) is 4.18 Å². The van der Waals surface area contributed by atoms with Crippen LogP contribution in [-0.4, -0.2) is 0 Å². The molecule has 0 N–H and O–H groups in total. The van der Waals surface area contributed by atoms with Crippen LogP contribution >= 0.6 is 30.4 Å². The molecule has 1 unspecified atom stereocenters. The highest BCUT2D eigenvalue weighted by Gasteiger charge is 2.19. The lowest BCUT2D eigenvalue weighted by molar-refractivity contribution is 0.253. The Morgan fingerprint density at radius 3 is 2.74 bits per heavy atom. The van der Waals surface area contributed by atoms with Gasteiger partial charge in [0.05, 0.1) is 9.21 Å². The van der Waals surface area contributed by atoms with Crippen molar-refractivity contribution in [1.29, 1.82) is 0 Å². The Hall–Kier alpha value is -0.960. The van der Waals surface area contributed by atoms with Gasteiger partial charge in [0, 0.05) is 38.8 Å². The first kappa shape index (κ1) is 14.4. The standard InChI is InChI=1S/C16H13IOS/c1-3-12-9-10-14-7-5-6-8-15(14)16(18-19-17)11-13(12)4-2/h3-8,16H,1-2,11H2/b13-12-. The zero-order valence-electron chi connectivity index (χ0n) is 10.4. The number of fused-ring (bicyclic) bond motifs is 1. The first-order chi connectivity index (χ1) is 9.30. The topological polar surface area (TPSA) is 9.23 Å². The van der Waals surface area contributed by atoms with Gasteiger partial charge in [-0.05, 0) is 17.2 Å². The minimum atomic E-state index is -0.0179. The van der Waals surface area contributed by atoms with Crippen LogP contribution in [0.25, 0.3) is 0 Å². The molecular weight excluding hydrogens is 367 g/mol. The van der Waals surface area contributed by atoms with E-state index in [1.54, 1.807) is 6.08 Å². The Bertz CT molecular complexity index is 592. The lowest BCUT2D eigenvalue weighted by atomic mass is 9.92. The molecule has 3 heteroatoms. The molecule has 1 nitrogen and oxygen atoms in total. The number of halogens is 1. The highest BCUT2D eigenvalue weighted by Crippen LogP contribution is 2.35.